The molecule has 0 aliphatic heterocycles. The summed E-state index contributed by atoms with van der Waals surface area (Å²) < 4.78 is 6.60. The number of fused-ring (bicyclic) bond motifs is 12. The lowest BCUT2D eigenvalue weighted by Gasteiger charge is -2.16. The van der Waals surface area contributed by atoms with Crippen molar-refractivity contribution in [1.82, 2.24) is 4.98 Å². The van der Waals surface area contributed by atoms with Crippen LogP contribution in [0.2, 0.25) is 0 Å². The molecule has 2 heteroatoms. The van der Waals surface area contributed by atoms with Gasteiger partial charge in [0, 0.05) is 38.1 Å². The van der Waals surface area contributed by atoms with Crippen LogP contribution in [0.4, 0.5) is 0 Å². The van der Waals surface area contributed by atoms with Gasteiger partial charge in [-0.25, -0.2) is 4.98 Å². The van der Waals surface area contributed by atoms with Crippen LogP contribution < -0.4 is 0 Å². The maximum absolute atomic E-state index is 6.60. The van der Waals surface area contributed by atoms with Gasteiger partial charge in [-0.3, -0.25) is 0 Å². The molecule has 2 heterocycles. The Labute approximate surface area is 293 Å². The lowest BCUT2D eigenvalue weighted by molar-refractivity contribution is 0.669. The van der Waals surface area contributed by atoms with Crippen LogP contribution in [0, 0.1) is 0 Å². The molecule has 0 unspecified atom stereocenters. The van der Waals surface area contributed by atoms with Gasteiger partial charge in [0.1, 0.15) is 11.2 Å². The number of pyridine rings is 1. The molecule has 0 atom stereocenters. The van der Waals surface area contributed by atoms with Crippen LogP contribution in [0.3, 0.4) is 0 Å². The van der Waals surface area contributed by atoms with E-state index in [0.717, 1.165) is 55.0 Å². The van der Waals surface area contributed by atoms with E-state index in [9.17, 15) is 0 Å². The summed E-state index contributed by atoms with van der Waals surface area (Å²) in [4.78, 5) is 5.25. The molecular formula is C49H29NO. The molecule has 0 saturated carbocycles. The number of aromatic nitrogens is 1. The van der Waals surface area contributed by atoms with Gasteiger partial charge in [0.15, 0.2) is 0 Å². The summed E-state index contributed by atoms with van der Waals surface area (Å²) in [6, 6.07) is 63.2. The first-order chi connectivity index (χ1) is 25.3. The molecule has 0 radical (unpaired) electrons. The van der Waals surface area contributed by atoms with Crippen molar-refractivity contribution in [2.24, 2.45) is 0 Å². The smallest absolute Gasteiger partial charge is 0.136 e. The predicted molar refractivity (Wildman–Crippen MR) is 215 cm³/mol. The lowest BCUT2D eigenvalue weighted by atomic mass is 9.88. The van der Waals surface area contributed by atoms with Crippen LogP contribution >= 0.6 is 0 Å². The zero-order valence-corrected chi connectivity index (χ0v) is 27.6. The number of rotatable bonds is 3. The van der Waals surface area contributed by atoms with Gasteiger partial charge in [-0.05, 0) is 73.3 Å². The van der Waals surface area contributed by atoms with Crippen molar-refractivity contribution in [1.29, 1.82) is 0 Å². The third kappa shape index (κ3) is 4.20. The lowest BCUT2D eigenvalue weighted by Crippen LogP contribution is -1.93. The molecule has 0 fully saturated rings. The molecular weight excluding hydrogens is 619 g/mol. The van der Waals surface area contributed by atoms with Crippen LogP contribution in [0.25, 0.3) is 109 Å². The Morgan fingerprint density at radius 1 is 0.314 bits per heavy atom. The van der Waals surface area contributed by atoms with Gasteiger partial charge < -0.3 is 4.42 Å². The highest BCUT2D eigenvalue weighted by Gasteiger charge is 2.21. The van der Waals surface area contributed by atoms with E-state index in [-0.39, 0.29) is 0 Å². The minimum absolute atomic E-state index is 0.866. The van der Waals surface area contributed by atoms with Crippen LogP contribution in [-0.2, 0) is 0 Å². The number of para-hydroxylation sites is 2. The normalized spacial score (nSPS) is 11.9. The predicted octanol–water partition coefficient (Wildman–Crippen LogP) is 13.7. The fourth-order valence-electron chi connectivity index (χ4n) is 8.34. The Hall–Kier alpha value is -6.77. The Kier molecular flexibility index (Phi) is 5.99. The quantitative estimate of drug-likeness (QED) is 0.178. The second kappa shape index (κ2) is 10.9. The Morgan fingerprint density at radius 2 is 0.863 bits per heavy atom. The second-order valence-electron chi connectivity index (χ2n) is 13.4. The van der Waals surface area contributed by atoms with E-state index < -0.39 is 0 Å². The summed E-state index contributed by atoms with van der Waals surface area (Å²) >= 11 is 0. The molecule has 0 aliphatic carbocycles. The van der Waals surface area contributed by atoms with Crippen molar-refractivity contribution in [2.45, 2.75) is 0 Å². The number of hydrogen-bond acceptors (Lipinski definition) is 2. The van der Waals surface area contributed by atoms with E-state index in [0.29, 0.717) is 0 Å². The van der Waals surface area contributed by atoms with Crippen molar-refractivity contribution in [3.63, 3.8) is 0 Å². The van der Waals surface area contributed by atoms with E-state index in [2.05, 4.69) is 170 Å². The van der Waals surface area contributed by atoms with Gasteiger partial charge >= 0.3 is 0 Å². The van der Waals surface area contributed by atoms with Crippen LogP contribution in [0.5, 0.6) is 0 Å². The zero-order chi connectivity index (χ0) is 33.5. The molecule has 11 aromatic rings. The van der Waals surface area contributed by atoms with E-state index in [4.69, 9.17) is 9.40 Å². The molecule has 0 saturated heterocycles. The van der Waals surface area contributed by atoms with Crippen LogP contribution in [-0.4, -0.2) is 4.98 Å². The molecule has 236 valence electrons. The van der Waals surface area contributed by atoms with Gasteiger partial charge in [-0.2, -0.15) is 0 Å². The standard InChI is InChI=1S/C49H29NO/c1-2-12-32(13-3-1)49-42-29-45-48(40-19-9-11-21-44(40)51-45)46(47(42)39-18-8-10-20-43(39)50-49)31-24-22-30(23-25-31)33-26-27-38-36-16-5-4-14-34(36)35-15-6-7-17-37(35)41(38)28-33/h1-29H. The SMILES string of the molecule is c1ccc(-c2nc3ccccc3c3c(-c4ccc(-c5ccc6c7ccccc7c7ccccc7c6c5)cc4)c4c(cc23)oc2ccccc24)cc1. The van der Waals surface area contributed by atoms with Crippen molar-refractivity contribution in [3.8, 4) is 33.5 Å². The van der Waals surface area contributed by atoms with Crippen LogP contribution in [0.15, 0.2) is 180 Å². The van der Waals surface area contributed by atoms with Crippen molar-refractivity contribution < 1.29 is 4.42 Å². The molecule has 11 rings (SSSR count). The summed E-state index contributed by atoms with van der Waals surface area (Å²) in [6.07, 6.45) is 0. The highest BCUT2D eigenvalue weighted by Crippen LogP contribution is 2.46. The number of hydrogen-bond donors (Lipinski definition) is 0. The average Bonchev–Trinajstić information content (AvgIpc) is 3.58. The molecule has 0 N–H and O–H groups in total. The fraction of sp³-hybridized carbons (Fsp3) is 0. The van der Waals surface area contributed by atoms with Crippen molar-refractivity contribution in [3.05, 3.63) is 176 Å². The summed E-state index contributed by atoms with van der Waals surface area (Å²) in [7, 11) is 0. The highest BCUT2D eigenvalue weighted by molar-refractivity contribution is 6.28. The van der Waals surface area contributed by atoms with Crippen molar-refractivity contribution >= 4 is 75.9 Å². The maximum Gasteiger partial charge on any atom is 0.136 e. The first-order valence-electron chi connectivity index (χ1n) is 17.5. The van der Waals surface area contributed by atoms with Gasteiger partial charge in [-0.15, -0.1) is 0 Å². The third-order valence-corrected chi connectivity index (χ3v) is 10.6. The van der Waals surface area contributed by atoms with Crippen molar-refractivity contribution in [2.75, 3.05) is 0 Å². The van der Waals surface area contributed by atoms with E-state index >= 15 is 0 Å². The van der Waals surface area contributed by atoms with Gasteiger partial charge in [0.2, 0.25) is 0 Å². The van der Waals surface area contributed by atoms with E-state index in [1.807, 2.05) is 6.07 Å². The fourth-order valence-corrected chi connectivity index (χ4v) is 8.34. The summed E-state index contributed by atoms with van der Waals surface area (Å²) in [5, 5.41) is 13.4. The molecule has 2 aromatic heterocycles. The molecule has 0 aliphatic rings. The third-order valence-electron chi connectivity index (χ3n) is 10.6. The van der Waals surface area contributed by atoms with E-state index in [1.54, 1.807) is 0 Å². The Morgan fingerprint density at radius 3 is 1.59 bits per heavy atom. The van der Waals surface area contributed by atoms with Gasteiger partial charge in [0.05, 0.1) is 11.2 Å². The largest absolute Gasteiger partial charge is 0.456 e. The second-order valence-corrected chi connectivity index (χ2v) is 13.4. The number of furan rings is 1. The molecule has 0 spiro atoms. The minimum Gasteiger partial charge on any atom is -0.456 e. The van der Waals surface area contributed by atoms with Gasteiger partial charge in [-0.1, -0.05) is 152 Å². The molecule has 9 aromatic carbocycles. The highest BCUT2D eigenvalue weighted by atomic mass is 16.3. The maximum atomic E-state index is 6.60. The summed E-state index contributed by atoms with van der Waals surface area (Å²) in [6.45, 7) is 0. The molecule has 2 nitrogen and oxygen atoms in total. The first kappa shape index (κ1) is 28.1. The molecule has 0 bridgehead atoms. The first-order valence-corrected chi connectivity index (χ1v) is 17.5. The number of benzene rings is 9. The Bertz CT molecular complexity index is 3140. The topological polar surface area (TPSA) is 26.0 Å². The number of nitrogens with zero attached hydrogens (tertiary/aromatic N) is 1. The minimum atomic E-state index is 0.866. The summed E-state index contributed by atoms with van der Waals surface area (Å²) in [5.74, 6) is 0. The van der Waals surface area contributed by atoms with E-state index in [1.165, 1.54) is 54.4 Å². The van der Waals surface area contributed by atoms with Gasteiger partial charge in [0.25, 0.3) is 0 Å². The summed E-state index contributed by atoms with van der Waals surface area (Å²) in [5.41, 5.74) is 9.47. The zero-order valence-electron chi connectivity index (χ0n) is 27.6. The monoisotopic (exact) mass is 647 g/mol. The van der Waals surface area contributed by atoms with Crippen LogP contribution in [0.1, 0.15) is 0 Å². The molecule has 0 amide bonds. The molecule has 51 heavy (non-hydrogen) atoms. The average molecular weight is 648 g/mol. The Balaban J connectivity index is 1.18.